The number of benzene rings is 1. The van der Waals surface area contributed by atoms with Crippen molar-refractivity contribution in [1.82, 2.24) is 4.98 Å². The zero-order valence-corrected chi connectivity index (χ0v) is 15.5. The lowest BCUT2D eigenvalue weighted by atomic mass is 9.96. The Morgan fingerprint density at radius 1 is 1.32 bits per heavy atom. The van der Waals surface area contributed by atoms with E-state index >= 15 is 0 Å². The quantitative estimate of drug-likeness (QED) is 0.750. The lowest BCUT2D eigenvalue weighted by Gasteiger charge is -2.18. The van der Waals surface area contributed by atoms with Crippen molar-refractivity contribution in [3.8, 4) is 11.5 Å². The Balaban J connectivity index is 1.56. The summed E-state index contributed by atoms with van der Waals surface area (Å²) in [5.41, 5.74) is 7.94. The van der Waals surface area contributed by atoms with Crippen molar-refractivity contribution >= 4 is 33.3 Å². The van der Waals surface area contributed by atoms with Crippen molar-refractivity contribution in [2.24, 2.45) is 0 Å². The molecule has 1 aromatic heterocycles. The number of rotatable bonds is 4. The Hall–Kier alpha value is -1.54. The zero-order chi connectivity index (χ0) is 17.4. The fraction of sp³-hybridized carbons (Fsp3) is 0.353. The molecule has 4 rings (SSSR count). The van der Waals surface area contributed by atoms with E-state index in [0.29, 0.717) is 41.8 Å². The number of fused-ring (bicyclic) bond motifs is 1. The van der Waals surface area contributed by atoms with E-state index in [1.807, 2.05) is 18.2 Å². The number of aromatic nitrogens is 1. The molecule has 0 saturated carbocycles. The highest BCUT2D eigenvalue weighted by atomic mass is 79.9. The van der Waals surface area contributed by atoms with E-state index in [9.17, 15) is 0 Å². The molecule has 1 aromatic carbocycles. The third kappa shape index (κ3) is 3.29. The number of hydrogen-bond donors (Lipinski definition) is 1. The number of nitrogens with two attached hydrogens (primary N) is 1. The first-order valence-electron chi connectivity index (χ1n) is 7.86. The summed E-state index contributed by atoms with van der Waals surface area (Å²) in [6.07, 6.45) is -0.351. The molecule has 0 bridgehead atoms. The van der Waals surface area contributed by atoms with Gasteiger partial charge in [0.25, 0.3) is 0 Å². The van der Waals surface area contributed by atoms with Gasteiger partial charge < -0.3 is 24.7 Å². The van der Waals surface area contributed by atoms with Gasteiger partial charge in [0.05, 0.1) is 36.8 Å². The summed E-state index contributed by atoms with van der Waals surface area (Å²) in [6.45, 7) is 2.12. The van der Waals surface area contributed by atoms with E-state index in [-0.39, 0.29) is 18.0 Å². The van der Waals surface area contributed by atoms with Gasteiger partial charge in [-0.2, -0.15) is 0 Å². The molecule has 1 saturated heterocycles. The summed E-state index contributed by atoms with van der Waals surface area (Å²) in [5, 5.41) is 0.303. The molecular weight excluding hydrogens is 412 g/mol. The van der Waals surface area contributed by atoms with Crippen molar-refractivity contribution in [2.45, 2.75) is 12.2 Å². The second-order valence-electron chi connectivity index (χ2n) is 5.80. The van der Waals surface area contributed by atoms with Crippen LogP contribution in [0.25, 0.3) is 0 Å². The fourth-order valence-electron chi connectivity index (χ4n) is 3.04. The van der Waals surface area contributed by atoms with Crippen LogP contribution in [0, 0.1) is 0 Å². The van der Waals surface area contributed by atoms with Gasteiger partial charge in [-0.25, -0.2) is 4.98 Å². The largest absolute Gasteiger partial charge is 0.493 e. The van der Waals surface area contributed by atoms with Gasteiger partial charge in [-0.15, -0.1) is 0 Å². The number of nitrogen functional groups attached to an aromatic ring is 1. The molecular formula is C17H16BrClN2O4. The van der Waals surface area contributed by atoms with E-state index in [2.05, 4.69) is 20.9 Å². The number of halogens is 2. The van der Waals surface area contributed by atoms with Crippen LogP contribution in [-0.2, 0) is 9.47 Å². The van der Waals surface area contributed by atoms with Gasteiger partial charge in [0, 0.05) is 17.2 Å². The second kappa shape index (κ2) is 6.99. The van der Waals surface area contributed by atoms with Crippen molar-refractivity contribution in [3.63, 3.8) is 0 Å². The summed E-state index contributed by atoms with van der Waals surface area (Å²) < 4.78 is 23.6. The van der Waals surface area contributed by atoms with Gasteiger partial charge in [-0.3, -0.25) is 0 Å². The molecule has 0 amide bonds. The average Bonchev–Trinajstić information content (AvgIpc) is 3.26. The van der Waals surface area contributed by atoms with Crippen molar-refractivity contribution in [2.75, 3.05) is 32.2 Å². The maximum absolute atomic E-state index is 5.93. The van der Waals surface area contributed by atoms with Crippen LogP contribution < -0.4 is 15.2 Å². The Labute approximate surface area is 158 Å². The first-order chi connectivity index (χ1) is 12.1. The molecule has 2 aliphatic heterocycles. The van der Waals surface area contributed by atoms with Crippen molar-refractivity contribution in [1.29, 1.82) is 0 Å². The summed E-state index contributed by atoms with van der Waals surface area (Å²) in [6, 6.07) is 7.62. The van der Waals surface area contributed by atoms with E-state index in [1.54, 1.807) is 6.07 Å². The van der Waals surface area contributed by atoms with Crippen LogP contribution in [0.5, 0.6) is 11.5 Å². The Morgan fingerprint density at radius 3 is 2.92 bits per heavy atom. The standard InChI is InChI=1S/C17H16BrClN2O4/c18-11-6-13(16(20)21-15(11)19)25-8-9-7-24-12-3-1-2-10(14(9)12)17-22-4-5-23-17/h1-3,6,9,17H,4-5,7-8H2,(H2,20,21)/t9-/m1/s1. The summed E-state index contributed by atoms with van der Waals surface area (Å²) in [5.74, 6) is 1.63. The van der Waals surface area contributed by atoms with Crippen molar-refractivity contribution < 1.29 is 18.9 Å². The topological polar surface area (TPSA) is 75.8 Å². The highest BCUT2D eigenvalue weighted by molar-refractivity contribution is 9.10. The molecule has 0 spiro atoms. The van der Waals surface area contributed by atoms with E-state index in [0.717, 1.165) is 16.9 Å². The smallest absolute Gasteiger partial charge is 0.184 e. The van der Waals surface area contributed by atoms with Crippen LogP contribution in [0.2, 0.25) is 5.15 Å². The average molecular weight is 428 g/mol. The number of anilines is 1. The van der Waals surface area contributed by atoms with Crippen molar-refractivity contribution in [3.05, 3.63) is 45.0 Å². The molecule has 2 aromatic rings. The molecule has 8 heteroatoms. The molecule has 25 heavy (non-hydrogen) atoms. The minimum absolute atomic E-state index is 0.0489. The fourth-order valence-corrected chi connectivity index (χ4v) is 3.48. The summed E-state index contributed by atoms with van der Waals surface area (Å²) >= 11 is 9.26. The second-order valence-corrected chi connectivity index (χ2v) is 7.01. The molecule has 2 aliphatic rings. The Bertz CT molecular complexity index is 798. The van der Waals surface area contributed by atoms with Crippen LogP contribution in [0.4, 0.5) is 5.82 Å². The van der Waals surface area contributed by atoms with Gasteiger partial charge >= 0.3 is 0 Å². The Morgan fingerprint density at radius 2 is 2.12 bits per heavy atom. The Kier molecular flexibility index (Phi) is 4.73. The first kappa shape index (κ1) is 16.9. The minimum atomic E-state index is -0.351. The molecule has 0 radical (unpaired) electrons. The molecule has 3 heterocycles. The van der Waals surface area contributed by atoms with E-state index in [4.69, 9.17) is 36.3 Å². The van der Waals surface area contributed by atoms with Crippen LogP contribution >= 0.6 is 27.5 Å². The maximum atomic E-state index is 5.93. The minimum Gasteiger partial charge on any atom is -0.493 e. The third-order valence-electron chi connectivity index (χ3n) is 4.19. The molecule has 0 aliphatic carbocycles. The number of hydrogen-bond acceptors (Lipinski definition) is 6. The third-order valence-corrected chi connectivity index (χ3v) is 5.31. The normalized spacial score (nSPS) is 19.7. The lowest BCUT2D eigenvalue weighted by molar-refractivity contribution is -0.0448. The monoisotopic (exact) mass is 426 g/mol. The highest BCUT2D eigenvalue weighted by Gasteiger charge is 2.32. The van der Waals surface area contributed by atoms with Gasteiger partial charge in [-0.05, 0) is 22.0 Å². The molecule has 132 valence electrons. The van der Waals surface area contributed by atoms with Crippen LogP contribution in [-0.4, -0.2) is 31.4 Å². The highest BCUT2D eigenvalue weighted by Crippen LogP contribution is 2.41. The molecule has 0 unspecified atom stereocenters. The summed E-state index contributed by atoms with van der Waals surface area (Å²) in [7, 11) is 0. The zero-order valence-electron chi connectivity index (χ0n) is 13.2. The van der Waals surface area contributed by atoms with Gasteiger partial charge in [0.15, 0.2) is 17.9 Å². The maximum Gasteiger partial charge on any atom is 0.184 e. The van der Waals surface area contributed by atoms with Gasteiger partial charge in [0.2, 0.25) is 0 Å². The van der Waals surface area contributed by atoms with Gasteiger partial charge in [-0.1, -0.05) is 23.7 Å². The number of nitrogens with zero attached hydrogens (tertiary/aromatic N) is 1. The predicted molar refractivity (Wildman–Crippen MR) is 96.2 cm³/mol. The van der Waals surface area contributed by atoms with Crippen LogP contribution in [0.15, 0.2) is 28.7 Å². The molecule has 2 N–H and O–H groups in total. The van der Waals surface area contributed by atoms with E-state index in [1.165, 1.54) is 0 Å². The van der Waals surface area contributed by atoms with E-state index < -0.39 is 0 Å². The first-order valence-corrected chi connectivity index (χ1v) is 9.03. The molecule has 6 nitrogen and oxygen atoms in total. The van der Waals surface area contributed by atoms with Crippen LogP contribution in [0.3, 0.4) is 0 Å². The SMILES string of the molecule is Nc1nc(Cl)c(Br)cc1OC[C@H]1COc2cccc(C3OCCO3)c21. The summed E-state index contributed by atoms with van der Waals surface area (Å²) in [4.78, 5) is 4.04. The molecule has 1 atom stereocenters. The lowest BCUT2D eigenvalue weighted by Crippen LogP contribution is -2.15. The van der Waals surface area contributed by atoms with Gasteiger partial charge in [0.1, 0.15) is 10.9 Å². The van der Waals surface area contributed by atoms with Crippen LogP contribution in [0.1, 0.15) is 23.3 Å². The predicted octanol–water partition coefficient (Wildman–Crippen LogP) is 3.68. The number of pyridine rings is 1. The molecule has 1 fully saturated rings. The number of ether oxygens (including phenoxy) is 4.